The molecule has 0 aliphatic heterocycles. The fraction of sp³-hybridized carbons (Fsp3) is 0.353. The number of rotatable bonds is 2. The Labute approximate surface area is 113 Å². The van der Waals surface area contributed by atoms with Crippen LogP contribution in [0.15, 0.2) is 42.0 Å². The Hall–Kier alpha value is -1.83. The molecule has 3 rings (SSSR count). The molecule has 2 heteroatoms. The van der Waals surface area contributed by atoms with Gasteiger partial charge >= 0.3 is 5.97 Å². The fourth-order valence-corrected chi connectivity index (χ4v) is 3.06. The molecule has 2 aliphatic rings. The molecule has 2 aliphatic carbocycles. The lowest BCUT2D eigenvalue weighted by Crippen LogP contribution is -2.23. The van der Waals surface area contributed by atoms with Crippen molar-refractivity contribution in [3.05, 3.63) is 53.1 Å². The third-order valence-corrected chi connectivity index (χ3v) is 3.99. The first-order chi connectivity index (χ1) is 9.16. The van der Waals surface area contributed by atoms with E-state index in [0.717, 1.165) is 25.7 Å². The Morgan fingerprint density at radius 1 is 1.37 bits per heavy atom. The van der Waals surface area contributed by atoms with E-state index < -0.39 is 0 Å². The van der Waals surface area contributed by atoms with Gasteiger partial charge in [-0.15, -0.1) is 0 Å². The van der Waals surface area contributed by atoms with Crippen LogP contribution in [0, 0.1) is 0 Å². The van der Waals surface area contributed by atoms with Crippen LogP contribution in [0.4, 0.5) is 0 Å². The van der Waals surface area contributed by atoms with Gasteiger partial charge in [0.1, 0.15) is 6.10 Å². The van der Waals surface area contributed by atoms with Crippen LogP contribution in [-0.4, -0.2) is 12.1 Å². The Balaban J connectivity index is 1.89. The van der Waals surface area contributed by atoms with Crippen molar-refractivity contribution in [2.45, 2.75) is 38.7 Å². The van der Waals surface area contributed by atoms with Crippen molar-refractivity contribution in [3.63, 3.8) is 0 Å². The SMILES string of the molecule is C=C(C)C(=O)OC1CCCC2=C1Cc1ccccc12. The lowest BCUT2D eigenvalue weighted by molar-refractivity contribution is -0.143. The van der Waals surface area contributed by atoms with Gasteiger partial charge in [0, 0.05) is 5.57 Å². The summed E-state index contributed by atoms with van der Waals surface area (Å²) in [5.41, 5.74) is 5.91. The molecular formula is C17H18O2. The molecule has 0 saturated heterocycles. The summed E-state index contributed by atoms with van der Waals surface area (Å²) in [6.45, 7) is 5.35. The highest BCUT2D eigenvalue weighted by Gasteiger charge is 2.31. The number of carbonyl (C=O) groups is 1. The van der Waals surface area contributed by atoms with Crippen LogP contribution in [0.3, 0.4) is 0 Å². The third kappa shape index (κ3) is 2.12. The van der Waals surface area contributed by atoms with Gasteiger partial charge in [-0.05, 0) is 54.9 Å². The van der Waals surface area contributed by atoms with Crippen molar-refractivity contribution in [1.82, 2.24) is 0 Å². The largest absolute Gasteiger partial charge is 0.454 e. The predicted molar refractivity (Wildman–Crippen MR) is 75.6 cm³/mol. The number of hydrogen-bond donors (Lipinski definition) is 0. The van der Waals surface area contributed by atoms with E-state index in [1.807, 2.05) is 0 Å². The molecule has 1 unspecified atom stereocenters. The van der Waals surface area contributed by atoms with E-state index in [1.54, 1.807) is 6.92 Å². The number of allylic oxidation sites excluding steroid dienone is 1. The van der Waals surface area contributed by atoms with Crippen molar-refractivity contribution < 1.29 is 9.53 Å². The first kappa shape index (κ1) is 12.2. The average Bonchev–Trinajstić information content (AvgIpc) is 2.78. The first-order valence-corrected chi connectivity index (χ1v) is 6.83. The van der Waals surface area contributed by atoms with Gasteiger partial charge in [-0.1, -0.05) is 30.8 Å². The number of fused-ring (bicyclic) bond motifs is 2. The monoisotopic (exact) mass is 254 g/mol. The molecule has 2 nitrogen and oxygen atoms in total. The molecule has 0 spiro atoms. The fourth-order valence-electron chi connectivity index (χ4n) is 3.06. The lowest BCUT2D eigenvalue weighted by Gasteiger charge is -2.25. The molecule has 0 aromatic heterocycles. The van der Waals surface area contributed by atoms with E-state index in [0.29, 0.717) is 5.57 Å². The van der Waals surface area contributed by atoms with Crippen molar-refractivity contribution in [3.8, 4) is 0 Å². The van der Waals surface area contributed by atoms with E-state index in [4.69, 9.17) is 4.74 Å². The van der Waals surface area contributed by atoms with Crippen LogP contribution in [0.25, 0.3) is 5.57 Å². The summed E-state index contributed by atoms with van der Waals surface area (Å²) in [5.74, 6) is -0.269. The van der Waals surface area contributed by atoms with Crippen LogP contribution >= 0.6 is 0 Å². The maximum atomic E-state index is 11.7. The minimum absolute atomic E-state index is 0.0552. The van der Waals surface area contributed by atoms with Gasteiger partial charge in [-0.3, -0.25) is 0 Å². The molecular weight excluding hydrogens is 236 g/mol. The van der Waals surface area contributed by atoms with E-state index >= 15 is 0 Å². The maximum absolute atomic E-state index is 11.7. The number of benzene rings is 1. The molecule has 19 heavy (non-hydrogen) atoms. The third-order valence-electron chi connectivity index (χ3n) is 3.99. The minimum Gasteiger partial charge on any atom is -0.454 e. The summed E-state index contributed by atoms with van der Waals surface area (Å²) < 4.78 is 5.60. The highest BCUT2D eigenvalue weighted by atomic mass is 16.5. The molecule has 0 heterocycles. The van der Waals surface area contributed by atoms with Crippen LogP contribution < -0.4 is 0 Å². The quantitative estimate of drug-likeness (QED) is 0.594. The highest BCUT2D eigenvalue weighted by molar-refractivity contribution is 5.87. The first-order valence-electron chi connectivity index (χ1n) is 6.83. The second-order valence-corrected chi connectivity index (χ2v) is 5.40. The van der Waals surface area contributed by atoms with Gasteiger partial charge in [-0.25, -0.2) is 4.79 Å². The number of ether oxygens (including phenoxy) is 1. The van der Waals surface area contributed by atoms with E-state index in [9.17, 15) is 4.79 Å². The van der Waals surface area contributed by atoms with E-state index in [-0.39, 0.29) is 12.1 Å². The molecule has 0 radical (unpaired) electrons. The van der Waals surface area contributed by atoms with E-state index in [2.05, 4.69) is 30.8 Å². The molecule has 0 saturated carbocycles. The zero-order chi connectivity index (χ0) is 13.4. The van der Waals surface area contributed by atoms with Crippen molar-refractivity contribution in [1.29, 1.82) is 0 Å². The van der Waals surface area contributed by atoms with Crippen LogP contribution in [0.2, 0.25) is 0 Å². The summed E-state index contributed by atoms with van der Waals surface area (Å²) >= 11 is 0. The normalized spacial score (nSPS) is 20.8. The smallest absolute Gasteiger partial charge is 0.333 e. The standard InChI is InChI=1S/C17H18O2/c1-11(2)17(18)19-16-9-5-8-14-13-7-4-3-6-12(13)10-15(14)16/h3-4,6-7,16H,1,5,8-10H2,2H3. The number of carbonyl (C=O) groups excluding carboxylic acids is 1. The molecule has 98 valence electrons. The Kier molecular flexibility index (Phi) is 3.02. The summed E-state index contributed by atoms with van der Waals surface area (Å²) in [6.07, 6.45) is 4.00. The van der Waals surface area contributed by atoms with E-state index in [1.165, 1.54) is 22.3 Å². The zero-order valence-electron chi connectivity index (χ0n) is 11.2. The Bertz CT molecular complexity index is 581. The number of esters is 1. The second kappa shape index (κ2) is 4.69. The van der Waals surface area contributed by atoms with Crippen molar-refractivity contribution in [2.24, 2.45) is 0 Å². The number of hydrogen-bond acceptors (Lipinski definition) is 2. The second-order valence-electron chi connectivity index (χ2n) is 5.40. The topological polar surface area (TPSA) is 26.3 Å². The molecule has 0 N–H and O–H groups in total. The van der Waals surface area contributed by atoms with Gasteiger partial charge in [0.15, 0.2) is 0 Å². The molecule has 0 amide bonds. The lowest BCUT2D eigenvalue weighted by atomic mass is 9.89. The molecule has 0 bridgehead atoms. The maximum Gasteiger partial charge on any atom is 0.333 e. The van der Waals surface area contributed by atoms with Gasteiger partial charge in [-0.2, -0.15) is 0 Å². The van der Waals surface area contributed by atoms with Gasteiger partial charge in [0.05, 0.1) is 0 Å². The summed E-state index contributed by atoms with van der Waals surface area (Å²) in [5, 5.41) is 0. The van der Waals surface area contributed by atoms with Crippen LogP contribution in [0.5, 0.6) is 0 Å². The molecule has 1 aromatic rings. The molecule has 1 aromatic carbocycles. The van der Waals surface area contributed by atoms with Gasteiger partial charge < -0.3 is 4.74 Å². The van der Waals surface area contributed by atoms with Crippen molar-refractivity contribution >= 4 is 11.5 Å². The summed E-state index contributed by atoms with van der Waals surface area (Å²) in [6, 6.07) is 8.51. The van der Waals surface area contributed by atoms with Crippen molar-refractivity contribution in [2.75, 3.05) is 0 Å². The summed E-state index contributed by atoms with van der Waals surface area (Å²) in [7, 11) is 0. The predicted octanol–water partition coefficient (Wildman–Crippen LogP) is 3.67. The minimum atomic E-state index is -0.269. The highest BCUT2D eigenvalue weighted by Crippen LogP contribution is 2.42. The average molecular weight is 254 g/mol. The summed E-state index contributed by atoms with van der Waals surface area (Å²) in [4.78, 5) is 11.7. The van der Waals surface area contributed by atoms with Crippen LogP contribution in [-0.2, 0) is 16.0 Å². The Morgan fingerprint density at radius 2 is 2.16 bits per heavy atom. The zero-order valence-corrected chi connectivity index (χ0v) is 11.2. The van der Waals surface area contributed by atoms with Gasteiger partial charge in [0.25, 0.3) is 0 Å². The Morgan fingerprint density at radius 3 is 2.95 bits per heavy atom. The molecule has 1 atom stereocenters. The molecule has 0 fully saturated rings. The van der Waals surface area contributed by atoms with Gasteiger partial charge in [0.2, 0.25) is 0 Å². The van der Waals surface area contributed by atoms with Crippen LogP contribution in [0.1, 0.15) is 37.3 Å².